The number of aryl methyl sites for hydroxylation is 1. The third-order valence-electron chi connectivity index (χ3n) is 6.31. The largest absolute Gasteiger partial charge is 0.497 e. The second-order valence-corrected chi connectivity index (χ2v) is 9.27. The Balaban J connectivity index is 1.53. The first-order valence-corrected chi connectivity index (χ1v) is 12.9. The molecule has 0 saturated carbocycles. The molecule has 0 aliphatic rings. The minimum atomic E-state index is -0.267. The van der Waals surface area contributed by atoms with Gasteiger partial charge >= 0.3 is 0 Å². The summed E-state index contributed by atoms with van der Waals surface area (Å²) < 4.78 is 6.94. The van der Waals surface area contributed by atoms with Gasteiger partial charge < -0.3 is 15.0 Å². The average Bonchev–Trinajstić information content (AvgIpc) is 3.35. The molecule has 7 heteroatoms. The summed E-state index contributed by atoms with van der Waals surface area (Å²) in [6.07, 6.45) is 1.97. The molecule has 1 N–H and O–H groups in total. The summed E-state index contributed by atoms with van der Waals surface area (Å²) >= 11 is 0. The number of nitrogens with zero attached hydrogens (tertiary/aromatic N) is 3. The number of benzene rings is 3. The highest BCUT2D eigenvalue weighted by atomic mass is 16.5. The molecule has 0 saturated heterocycles. The Morgan fingerprint density at radius 3 is 2.34 bits per heavy atom. The molecular formula is C31H34N4O3. The van der Waals surface area contributed by atoms with Gasteiger partial charge in [0.2, 0.25) is 11.8 Å². The standard InChI is InChI=1S/C31H34N4O3/c1-4-5-19-34(31(37)20-24-13-17-27(38-3)18-14-24)22-30(36)32-29-21-28(25-9-7-6-8-10-25)33-35(29)26-15-11-23(2)12-16-26/h6-18,21H,4-5,19-20,22H2,1-3H3,(H,32,36). The summed E-state index contributed by atoms with van der Waals surface area (Å²) in [6, 6.07) is 27.1. The Hall–Kier alpha value is -4.39. The summed E-state index contributed by atoms with van der Waals surface area (Å²) in [5.41, 5.74) is 4.55. The van der Waals surface area contributed by atoms with E-state index in [-0.39, 0.29) is 24.8 Å². The van der Waals surface area contributed by atoms with Crippen LogP contribution in [0.5, 0.6) is 5.75 Å². The number of nitrogens with one attached hydrogen (secondary N) is 1. The van der Waals surface area contributed by atoms with Crippen LogP contribution in [0, 0.1) is 6.92 Å². The molecule has 4 rings (SSSR count). The molecule has 0 bridgehead atoms. The van der Waals surface area contributed by atoms with Gasteiger partial charge in [-0.1, -0.05) is 73.5 Å². The Labute approximate surface area is 224 Å². The van der Waals surface area contributed by atoms with E-state index in [1.807, 2.05) is 91.9 Å². The van der Waals surface area contributed by atoms with Gasteiger partial charge in [-0.3, -0.25) is 9.59 Å². The van der Waals surface area contributed by atoms with E-state index in [9.17, 15) is 9.59 Å². The Bertz CT molecular complexity index is 1350. The maximum atomic E-state index is 13.2. The molecule has 0 fully saturated rings. The number of carbonyl (C=O) groups excluding carboxylic acids is 2. The minimum absolute atomic E-state index is 0.0330. The zero-order chi connectivity index (χ0) is 26.9. The van der Waals surface area contributed by atoms with E-state index in [2.05, 4.69) is 12.2 Å². The molecule has 0 radical (unpaired) electrons. The monoisotopic (exact) mass is 510 g/mol. The van der Waals surface area contributed by atoms with Crippen molar-refractivity contribution >= 4 is 17.6 Å². The molecule has 0 aliphatic carbocycles. The van der Waals surface area contributed by atoms with E-state index < -0.39 is 0 Å². The predicted octanol–water partition coefficient (Wildman–Crippen LogP) is 5.67. The second-order valence-electron chi connectivity index (χ2n) is 9.27. The Kier molecular flexibility index (Phi) is 8.93. The summed E-state index contributed by atoms with van der Waals surface area (Å²) in [5.74, 6) is 0.937. The van der Waals surface area contributed by atoms with Crippen molar-refractivity contribution in [1.82, 2.24) is 14.7 Å². The fraction of sp³-hybridized carbons (Fsp3) is 0.258. The van der Waals surface area contributed by atoms with Crippen LogP contribution >= 0.6 is 0 Å². The summed E-state index contributed by atoms with van der Waals surface area (Å²) in [4.78, 5) is 28.0. The van der Waals surface area contributed by atoms with Gasteiger partial charge in [-0.15, -0.1) is 0 Å². The lowest BCUT2D eigenvalue weighted by Crippen LogP contribution is -2.39. The highest BCUT2D eigenvalue weighted by Crippen LogP contribution is 2.25. The van der Waals surface area contributed by atoms with Crippen molar-refractivity contribution in [2.24, 2.45) is 0 Å². The smallest absolute Gasteiger partial charge is 0.245 e. The van der Waals surface area contributed by atoms with Gasteiger partial charge in [0.25, 0.3) is 0 Å². The van der Waals surface area contributed by atoms with Crippen LogP contribution < -0.4 is 10.1 Å². The van der Waals surface area contributed by atoms with E-state index in [1.165, 1.54) is 0 Å². The molecule has 0 spiro atoms. The van der Waals surface area contributed by atoms with E-state index in [0.717, 1.165) is 46.7 Å². The van der Waals surface area contributed by atoms with E-state index in [4.69, 9.17) is 9.84 Å². The lowest BCUT2D eigenvalue weighted by Gasteiger charge is -2.22. The maximum Gasteiger partial charge on any atom is 0.245 e. The molecule has 0 unspecified atom stereocenters. The van der Waals surface area contributed by atoms with Crippen LogP contribution in [0.3, 0.4) is 0 Å². The fourth-order valence-electron chi connectivity index (χ4n) is 4.13. The third kappa shape index (κ3) is 6.88. The van der Waals surface area contributed by atoms with Crippen LogP contribution in [0.2, 0.25) is 0 Å². The SMILES string of the molecule is CCCCN(CC(=O)Nc1cc(-c2ccccc2)nn1-c1ccc(C)cc1)C(=O)Cc1ccc(OC)cc1. The number of carbonyl (C=O) groups is 2. The molecule has 0 aliphatic heterocycles. The zero-order valence-electron chi connectivity index (χ0n) is 22.2. The van der Waals surface area contributed by atoms with Crippen LogP contribution in [-0.2, 0) is 16.0 Å². The molecule has 7 nitrogen and oxygen atoms in total. The normalized spacial score (nSPS) is 10.7. The van der Waals surface area contributed by atoms with Crippen molar-refractivity contribution in [3.8, 4) is 22.7 Å². The van der Waals surface area contributed by atoms with Crippen molar-refractivity contribution in [2.45, 2.75) is 33.1 Å². The number of ether oxygens (including phenoxy) is 1. The molecule has 196 valence electrons. The molecule has 2 amide bonds. The topological polar surface area (TPSA) is 76.5 Å². The van der Waals surface area contributed by atoms with Crippen molar-refractivity contribution in [3.05, 3.63) is 96.1 Å². The first-order chi connectivity index (χ1) is 18.5. The van der Waals surface area contributed by atoms with E-state index in [1.54, 1.807) is 16.7 Å². The quantitative estimate of drug-likeness (QED) is 0.282. The van der Waals surface area contributed by atoms with Crippen LogP contribution in [-0.4, -0.2) is 46.7 Å². The number of hydrogen-bond donors (Lipinski definition) is 1. The molecule has 38 heavy (non-hydrogen) atoms. The minimum Gasteiger partial charge on any atom is -0.497 e. The van der Waals surface area contributed by atoms with Gasteiger partial charge in [-0.25, -0.2) is 4.68 Å². The highest BCUT2D eigenvalue weighted by molar-refractivity contribution is 5.95. The molecule has 4 aromatic rings. The number of unbranched alkanes of at least 4 members (excludes halogenated alkanes) is 1. The van der Waals surface area contributed by atoms with Crippen LogP contribution in [0.4, 0.5) is 5.82 Å². The lowest BCUT2D eigenvalue weighted by atomic mass is 10.1. The first kappa shape index (κ1) is 26.7. The third-order valence-corrected chi connectivity index (χ3v) is 6.31. The van der Waals surface area contributed by atoms with E-state index in [0.29, 0.717) is 12.4 Å². The summed E-state index contributed by atoms with van der Waals surface area (Å²) in [6.45, 7) is 4.58. The van der Waals surface area contributed by atoms with Crippen molar-refractivity contribution in [1.29, 1.82) is 0 Å². The van der Waals surface area contributed by atoms with Gasteiger partial charge in [0, 0.05) is 18.2 Å². The van der Waals surface area contributed by atoms with Crippen LogP contribution in [0.25, 0.3) is 16.9 Å². The van der Waals surface area contributed by atoms with Gasteiger partial charge in [-0.05, 0) is 43.2 Å². The highest BCUT2D eigenvalue weighted by Gasteiger charge is 2.20. The molecule has 0 atom stereocenters. The number of aromatic nitrogens is 2. The molecule has 1 aromatic heterocycles. The predicted molar refractivity (Wildman–Crippen MR) is 151 cm³/mol. The van der Waals surface area contributed by atoms with Gasteiger partial charge in [-0.2, -0.15) is 5.10 Å². The average molecular weight is 511 g/mol. The zero-order valence-corrected chi connectivity index (χ0v) is 22.2. The first-order valence-electron chi connectivity index (χ1n) is 12.9. The molecule has 1 heterocycles. The van der Waals surface area contributed by atoms with Crippen LogP contribution in [0.1, 0.15) is 30.9 Å². The Morgan fingerprint density at radius 2 is 1.68 bits per heavy atom. The van der Waals surface area contributed by atoms with Crippen molar-refractivity contribution in [3.63, 3.8) is 0 Å². The Morgan fingerprint density at radius 1 is 0.974 bits per heavy atom. The number of rotatable bonds is 11. The van der Waals surface area contributed by atoms with Gasteiger partial charge in [0.1, 0.15) is 11.6 Å². The second kappa shape index (κ2) is 12.7. The van der Waals surface area contributed by atoms with Gasteiger partial charge in [0.05, 0.1) is 31.5 Å². The maximum absolute atomic E-state index is 13.2. The number of anilines is 1. The summed E-state index contributed by atoms with van der Waals surface area (Å²) in [5, 5.41) is 7.78. The molecular weight excluding hydrogens is 476 g/mol. The van der Waals surface area contributed by atoms with Gasteiger partial charge in [0.15, 0.2) is 0 Å². The fourth-order valence-corrected chi connectivity index (χ4v) is 4.13. The van der Waals surface area contributed by atoms with Crippen molar-refractivity contribution in [2.75, 3.05) is 25.5 Å². The summed E-state index contributed by atoms with van der Waals surface area (Å²) in [7, 11) is 1.61. The lowest BCUT2D eigenvalue weighted by molar-refractivity contribution is -0.134. The van der Waals surface area contributed by atoms with E-state index >= 15 is 0 Å². The number of hydrogen-bond acceptors (Lipinski definition) is 4. The van der Waals surface area contributed by atoms with Crippen LogP contribution in [0.15, 0.2) is 84.9 Å². The number of methoxy groups -OCH3 is 1. The molecule has 3 aromatic carbocycles. The number of amides is 2. The van der Waals surface area contributed by atoms with Crippen molar-refractivity contribution < 1.29 is 14.3 Å².